The zero-order valence-corrected chi connectivity index (χ0v) is 14.9. The van der Waals surface area contributed by atoms with Gasteiger partial charge < -0.3 is 14.6 Å². The Kier molecular flexibility index (Phi) is 4.04. The van der Waals surface area contributed by atoms with Crippen molar-refractivity contribution in [2.24, 2.45) is 22.7 Å². The van der Waals surface area contributed by atoms with Crippen molar-refractivity contribution in [1.82, 2.24) is 0 Å². The summed E-state index contributed by atoms with van der Waals surface area (Å²) >= 11 is 0. The fourth-order valence-electron chi connectivity index (χ4n) is 6.45. The highest BCUT2D eigenvalue weighted by molar-refractivity contribution is 5.60. The maximum absolute atomic E-state index is 11.8. The lowest BCUT2D eigenvalue weighted by molar-refractivity contribution is -0.262. The van der Waals surface area contributed by atoms with Crippen LogP contribution in [-0.4, -0.2) is 29.2 Å². The van der Waals surface area contributed by atoms with Crippen LogP contribution in [0.25, 0.3) is 0 Å². The molecule has 3 fully saturated rings. The van der Waals surface area contributed by atoms with E-state index in [2.05, 4.69) is 27.4 Å². The summed E-state index contributed by atoms with van der Waals surface area (Å²) < 4.78 is 6.52. The Balaban J connectivity index is 1.95. The van der Waals surface area contributed by atoms with E-state index in [4.69, 9.17) is 4.74 Å². The normalized spacial score (nSPS) is 53.0. The number of aliphatic hydroxyl groups excluding tert-OH is 1. The summed E-state index contributed by atoms with van der Waals surface area (Å²) in [6.07, 6.45) is 10.2. The van der Waals surface area contributed by atoms with Gasteiger partial charge in [0.15, 0.2) is 0 Å². The molecule has 0 amide bonds. The lowest BCUT2D eigenvalue weighted by Crippen LogP contribution is -2.64. The van der Waals surface area contributed by atoms with Gasteiger partial charge in [0.1, 0.15) is 11.9 Å². The molecule has 0 aromatic carbocycles. The number of hydrogen-bond donors (Lipinski definition) is 1. The molecule has 1 unspecified atom stereocenters. The van der Waals surface area contributed by atoms with Gasteiger partial charge in [0, 0.05) is 5.41 Å². The summed E-state index contributed by atoms with van der Waals surface area (Å²) in [4.78, 5) is 11.8. The predicted molar refractivity (Wildman–Crippen MR) is 91.1 cm³/mol. The van der Waals surface area contributed by atoms with Crippen molar-refractivity contribution in [3.63, 3.8) is 0 Å². The molecule has 1 aliphatic heterocycles. The van der Waals surface area contributed by atoms with Gasteiger partial charge in [-0.2, -0.15) is 0 Å². The molecule has 3 nitrogen and oxygen atoms in total. The van der Waals surface area contributed by atoms with Crippen LogP contribution >= 0.6 is 0 Å². The van der Waals surface area contributed by atoms with Gasteiger partial charge in [0.2, 0.25) is 0 Å². The summed E-state index contributed by atoms with van der Waals surface area (Å²) in [7, 11) is 0. The van der Waals surface area contributed by atoms with Crippen molar-refractivity contribution < 1.29 is 14.6 Å². The Morgan fingerprint density at radius 2 is 1.83 bits per heavy atom. The average Bonchev–Trinajstić information content (AvgIpc) is 2.53. The molecule has 3 rings (SSSR count). The second-order valence-corrected chi connectivity index (χ2v) is 9.01. The Hall–Kier alpha value is -0.670. The van der Waals surface area contributed by atoms with E-state index in [-0.39, 0.29) is 23.0 Å². The molecule has 2 aliphatic carbocycles. The van der Waals surface area contributed by atoms with Crippen LogP contribution in [0.3, 0.4) is 0 Å². The zero-order chi connectivity index (χ0) is 16.9. The molecule has 6 atom stereocenters. The van der Waals surface area contributed by atoms with Crippen molar-refractivity contribution in [3.8, 4) is 0 Å². The summed E-state index contributed by atoms with van der Waals surface area (Å²) in [6.45, 7) is 10.7. The predicted octanol–water partition coefficient (Wildman–Crippen LogP) is 3.89. The molecule has 1 saturated heterocycles. The second kappa shape index (κ2) is 5.42. The third-order valence-corrected chi connectivity index (χ3v) is 7.69. The molecular weight excluding hydrogens is 288 g/mol. The molecule has 0 bridgehead atoms. The maximum Gasteiger partial charge on any atom is 0.126 e. The Morgan fingerprint density at radius 1 is 1.13 bits per heavy atom. The number of aldehydes is 1. The van der Waals surface area contributed by atoms with Gasteiger partial charge in [-0.1, -0.05) is 26.3 Å². The smallest absolute Gasteiger partial charge is 0.126 e. The quantitative estimate of drug-likeness (QED) is 0.634. The first kappa shape index (κ1) is 17.2. The van der Waals surface area contributed by atoms with E-state index in [1.807, 2.05) is 0 Å². The fourth-order valence-corrected chi connectivity index (χ4v) is 6.45. The first-order valence-electron chi connectivity index (χ1n) is 9.18. The van der Waals surface area contributed by atoms with Crippen LogP contribution in [0.5, 0.6) is 0 Å². The van der Waals surface area contributed by atoms with Crippen molar-refractivity contribution in [3.05, 3.63) is 12.7 Å². The van der Waals surface area contributed by atoms with Crippen molar-refractivity contribution >= 4 is 6.29 Å². The van der Waals surface area contributed by atoms with Crippen LogP contribution in [0, 0.1) is 22.7 Å². The van der Waals surface area contributed by atoms with Crippen molar-refractivity contribution in [2.75, 3.05) is 6.61 Å². The summed E-state index contributed by atoms with van der Waals surface area (Å²) in [5.41, 5.74) is -0.833. The third kappa shape index (κ3) is 2.34. The van der Waals surface area contributed by atoms with E-state index in [1.54, 1.807) is 6.08 Å². The third-order valence-electron chi connectivity index (χ3n) is 7.69. The van der Waals surface area contributed by atoms with Crippen LogP contribution in [0.2, 0.25) is 0 Å². The largest absolute Gasteiger partial charge is 0.393 e. The van der Waals surface area contributed by atoms with Crippen LogP contribution < -0.4 is 0 Å². The average molecular weight is 320 g/mol. The Bertz CT molecular complexity index is 503. The fraction of sp³-hybridized carbons (Fsp3) is 0.850. The molecule has 1 heterocycles. The molecule has 0 aromatic rings. The van der Waals surface area contributed by atoms with E-state index in [9.17, 15) is 9.90 Å². The minimum Gasteiger partial charge on any atom is -0.393 e. The summed E-state index contributed by atoms with van der Waals surface area (Å²) in [5.74, 6) is 0.904. The molecule has 23 heavy (non-hydrogen) atoms. The van der Waals surface area contributed by atoms with Gasteiger partial charge in [0.25, 0.3) is 0 Å². The molecule has 3 aliphatic rings. The highest BCUT2D eigenvalue weighted by Crippen LogP contribution is 2.65. The number of rotatable bonds is 3. The number of carbonyl (C=O) groups is 1. The van der Waals surface area contributed by atoms with Crippen molar-refractivity contribution in [2.45, 2.75) is 76.9 Å². The van der Waals surface area contributed by atoms with Gasteiger partial charge in [-0.3, -0.25) is 0 Å². The van der Waals surface area contributed by atoms with E-state index in [1.165, 1.54) is 12.7 Å². The summed E-state index contributed by atoms with van der Waals surface area (Å²) in [6, 6.07) is 0. The zero-order valence-electron chi connectivity index (χ0n) is 14.9. The Labute approximate surface area is 140 Å². The van der Waals surface area contributed by atoms with E-state index in [0.29, 0.717) is 11.8 Å². The van der Waals surface area contributed by atoms with Crippen LogP contribution in [0.15, 0.2) is 12.7 Å². The van der Waals surface area contributed by atoms with E-state index >= 15 is 0 Å². The first-order chi connectivity index (χ1) is 10.8. The first-order valence-corrected chi connectivity index (χ1v) is 9.18. The number of hydrogen-bond acceptors (Lipinski definition) is 3. The molecule has 0 spiro atoms. The number of carbonyl (C=O) groups excluding carboxylic acids is 1. The maximum atomic E-state index is 11.8. The minimum absolute atomic E-state index is 0.00497. The number of ether oxygens (including phenoxy) is 1. The van der Waals surface area contributed by atoms with Gasteiger partial charge in [-0.15, -0.1) is 6.58 Å². The lowest BCUT2D eigenvalue weighted by atomic mass is 9.44. The summed E-state index contributed by atoms with van der Waals surface area (Å²) in [5, 5.41) is 9.82. The molecule has 2 saturated carbocycles. The number of fused-ring (bicyclic) bond motifs is 3. The minimum atomic E-state index is -0.586. The monoisotopic (exact) mass is 320 g/mol. The highest BCUT2D eigenvalue weighted by Gasteiger charge is 2.62. The highest BCUT2D eigenvalue weighted by atomic mass is 16.5. The topological polar surface area (TPSA) is 46.5 Å². The van der Waals surface area contributed by atoms with E-state index < -0.39 is 5.60 Å². The molecule has 0 radical (unpaired) electrons. The van der Waals surface area contributed by atoms with Crippen LogP contribution in [0.4, 0.5) is 0 Å². The molecular formula is C20H32O3. The number of aliphatic hydroxyl groups is 1. The Morgan fingerprint density at radius 3 is 2.43 bits per heavy atom. The van der Waals surface area contributed by atoms with Crippen molar-refractivity contribution in [1.29, 1.82) is 0 Å². The standard InChI is InChI=1S/C20H32O3/c1-5-20(14-22)12-8-16-18(3)10-6-9-17(2,13-21)15(18)7-11-19(16,4)23-20/h5,13,15-16,22H,1,6-12,14H2,2-4H3/t15?,16-,17-,18+,19-,20+/m1/s1. The molecule has 1 N–H and O–H groups in total. The van der Waals surface area contributed by atoms with Gasteiger partial charge in [-0.05, 0) is 62.7 Å². The van der Waals surface area contributed by atoms with Gasteiger partial charge in [0.05, 0.1) is 12.2 Å². The van der Waals surface area contributed by atoms with Gasteiger partial charge in [-0.25, -0.2) is 0 Å². The van der Waals surface area contributed by atoms with E-state index in [0.717, 1.165) is 38.5 Å². The van der Waals surface area contributed by atoms with Crippen LogP contribution in [-0.2, 0) is 9.53 Å². The second-order valence-electron chi connectivity index (χ2n) is 9.01. The molecule has 3 heteroatoms. The lowest BCUT2D eigenvalue weighted by Gasteiger charge is -2.64. The SMILES string of the molecule is C=C[C@@]1(CO)CC[C@H]2[C@@](C)(CCC3[C@@](C)(C=O)CCC[C@@]32C)O1. The van der Waals surface area contributed by atoms with Gasteiger partial charge >= 0.3 is 0 Å². The van der Waals surface area contributed by atoms with Crippen LogP contribution in [0.1, 0.15) is 65.7 Å². The molecule has 130 valence electrons. The molecule has 0 aromatic heterocycles.